The zero-order valence-electron chi connectivity index (χ0n) is 12.1. The topological polar surface area (TPSA) is 46.0 Å². The summed E-state index contributed by atoms with van der Waals surface area (Å²) in [5.41, 5.74) is 3.70. The monoisotopic (exact) mass is 281 g/mol. The van der Waals surface area contributed by atoms with Gasteiger partial charge in [-0.1, -0.05) is 11.6 Å². The van der Waals surface area contributed by atoms with Gasteiger partial charge in [-0.2, -0.15) is 0 Å². The van der Waals surface area contributed by atoms with Crippen LogP contribution in [0.4, 0.5) is 0 Å². The van der Waals surface area contributed by atoms with Crippen LogP contribution >= 0.6 is 0 Å². The Labute approximate surface area is 123 Å². The molecule has 0 fully saturated rings. The van der Waals surface area contributed by atoms with Crippen molar-refractivity contribution in [3.63, 3.8) is 0 Å². The quantitative estimate of drug-likeness (QED) is 0.592. The highest BCUT2D eigenvalue weighted by atomic mass is 16.5. The van der Waals surface area contributed by atoms with E-state index in [-0.39, 0.29) is 12.6 Å². The molecule has 0 bridgehead atoms. The van der Waals surface area contributed by atoms with E-state index in [1.807, 2.05) is 36.0 Å². The lowest BCUT2D eigenvalue weighted by molar-refractivity contribution is -0.671. The number of hydrogen-bond donors (Lipinski definition) is 1. The summed E-state index contributed by atoms with van der Waals surface area (Å²) in [6.45, 7) is 2.30. The molecule has 2 heterocycles. The number of aromatic nitrogens is 2. The van der Waals surface area contributed by atoms with E-state index in [1.165, 1.54) is 5.56 Å². The van der Waals surface area contributed by atoms with Gasteiger partial charge in [0.2, 0.25) is 0 Å². The molecule has 0 aliphatic heterocycles. The first-order valence-electron chi connectivity index (χ1n) is 6.82. The Morgan fingerprint density at radius 2 is 2.14 bits per heavy atom. The minimum absolute atomic E-state index is 0.241. The predicted octanol–water partition coefficient (Wildman–Crippen LogP) is 2.66. The van der Waals surface area contributed by atoms with E-state index < -0.39 is 0 Å². The third-order valence-corrected chi connectivity index (χ3v) is 3.37. The van der Waals surface area contributed by atoms with Crippen LogP contribution in [0.2, 0.25) is 0 Å². The molecule has 21 heavy (non-hydrogen) atoms. The molecule has 0 saturated carbocycles. The summed E-state index contributed by atoms with van der Waals surface area (Å²) in [4.78, 5) is 15.2. The van der Waals surface area contributed by atoms with Crippen molar-refractivity contribution in [1.29, 1.82) is 0 Å². The number of H-pyrrole nitrogens is 1. The number of ether oxygens (including phenoxy) is 1. The second-order valence-electron chi connectivity index (χ2n) is 5.22. The van der Waals surface area contributed by atoms with E-state index in [2.05, 4.69) is 24.0 Å². The maximum absolute atomic E-state index is 12.0. The second-order valence-corrected chi connectivity index (χ2v) is 5.22. The number of nitrogens with zero attached hydrogens (tertiary/aromatic N) is 1. The fraction of sp³-hybridized carbons (Fsp3) is 0.176. The Kier molecular flexibility index (Phi) is 3.44. The molecule has 0 spiro atoms. The van der Waals surface area contributed by atoms with Gasteiger partial charge in [0, 0.05) is 17.0 Å². The van der Waals surface area contributed by atoms with Crippen molar-refractivity contribution in [2.45, 2.75) is 13.5 Å². The molecule has 0 aliphatic rings. The molecule has 0 atom stereocenters. The molecule has 0 amide bonds. The molecular formula is C17H17N2O2+. The molecule has 106 valence electrons. The van der Waals surface area contributed by atoms with Gasteiger partial charge in [-0.15, -0.1) is 0 Å². The van der Waals surface area contributed by atoms with Gasteiger partial charge in [0.15, 0.2) is 12.4 Å². The number of benzene rings is 1. The van der Waals surface area contributed by atoms with Gasteiger partial charge < -0.3 is 9.72 Å². The first-order valence-corrected chi connectivity index (χ1v) is 6.82. The normalized spacial score (nSPS) is 10.8. The molecule has 0 saturated heterocycles. The molecule has 4 nitrogen and oxygen atoms in total. The maximum Gasteiger partial charge on any atom is 0.344 e. The summed E-state index contributed by atoms with van der Waals surface area (Å²) >= 11 is 0. The molecule has 1 aromatic carbocycles. The summed E-state index contributed by atoms with van der Waals surface area (Å²) in [5, 5.41) is 1.13. The Morgan fingerprint density at radius 3 is 2.95 bits per heavy atom. The molecule has 3 aromatic rings. The fourth-order valence-corrected chi connectivity index (χ4v) is 2.33. The number of aromatic amines is 1. The van der Waals surface area contributed by atoms with Gasteiger partial charge in [0.05, 0.1) is 5.69 Å². The first-order chi connectivity index (χ1) is 10.1. The van der Waals surface area contributed by atoms with Gasteiger partial charge in [-0.25, -0.2) is 9.36 Å². The Morgan fingerprint density at radius 1 is 1.29 bits per heavy atom. The van der Waals surface area contributed by atoms with Crippen LogP contribution in [0.25, 0.3) is 10.9 Å². The van der Waals surface area contributed by atoms with Crippen LogP contribution in [0.5, 0.6) is 0 Å². The second kappa shape index (κ2) is 5.40. The number of carbonyl (C=O) groups is 1. The third-order valence-electron chi connectivity index (χ3n) is 3.37. The van der Waals surface area contributed by atoms with Gasteiger partial charge in [0.1, 0.15) is 19.2 Å². The van der Waals surface area contributed by atoms with Crippen molar-refractivity contribution >= 4 is 16.9 Å². The minimum atomic E-state index is -0.318. The summed E-state index contributed by atoms with van der Waals surface area (Å²) in [6, 6.07) is 11.8. The molecule has 3 rings (SSSR count). The van der Waals surface area contributed by atoms with E-state index in [0.717, 1.165) is 16.6 Å². The lowest BCUT2D eigenvalue weighted by atomic mass is 10.2. The Bertz CT molecular complexity index is 805. The highest BCUT2D eigenvalue weighted by Crippen LogP contribution is 2.17. The number of esters is 1. The van der Waals surface area contributed by atoms with Crippen LogP contribution < -0.4 is 4.57 Å². The number of aryl methyl sites for hydroxylation is 2. The molecule has 1 N–H and O–H groups in total. The van der Waals surface area contributed by atoms with Crippen LogP contribution in [0.1, 0.15) is 21.6 Å². The third kappa shape index (κ3) is 2.94. The average molecular weight is 281 g/mol. The van der Waals surface area contributed by atoms with Crippen LogP contribution in [0.3, 0.4) is 0 Å². The van der Waals surface area contributed by atoms with E-state index in [0.29, 0.717) is 5.56 Å². The molecule has 0 radical (unpaired) electrons. The number of hydrogen-bond acceptors (Lipinski definition) is 2. The molecule has 4 heteroatoms. The maximum atomic E-state index is 12.0. The van der Waals surface area contributed by atoms with Crippen LogP contribution in [0, 0.1) is 6.92 Å². The number of fused-ring (bicyclic) bond motifs is 1. The number of nitrogens with one attached hydrogen (secondary N) is 1. The van der Waals surface area contributed by atoms with E-state index in [1.54, 1.807) is 12.3 Å². The molecule has 2 aromatic heterocycles. The summed E-state index contributed by atoms with van der Waals surface area (Å²) in [7, 11) is 1.87. The number of rotatable bonds is 3. The van der Waals surface area contributed by atoms with Crippen molar-refractivity contribution in [2.24, 2.45) is 7.05 Å². The van der Waals surface area contributed by atoms with Crippen molar-refractivity contribution in [1.82, 2.24) is 4.98 Å². The van der Waals surface area contributed by atoms with Crippen molar-refractivity contribution < 1.29 is 14.1 Å². The van der Waals surface area contributed by atoms with E-state index in [4.69, 9.17) is 4.74 Å². The molecular weight excluding hydrogens is 264 g/mol. The van der Waals surface area contributed by atoms with Crippen LogP contribution in [0.15, 0.2) is 48.8 Å². The molecule has 0 aliphatic carbocycles. The lowest BCUT2D eigenvalue weighted by Crippen LogP contribution is -2.28. The van der Waals surface area contributed by atoms with Gasteiger partial charge in [0.25, 0.3) is 0 Å². The van der Waals surface area contributed by atoms with E-state index in [9.17, 15) is 4.79 Å². The SMILES string of the molecule is Cc1ccc2[nH]c(COC(=O)c3ccc[n+](C)c3)cc2c1. The highest BCUT2D eigenvalue weighted by Gasteiger charge is 2.11. The summed E-state index contributed by atoms with van der Waals surface area (Å²) in [5.74, 6) is -0.318. The summed E-state index contributed by atoms with van der Waals surface area (Å²) in [6.07, 6.45) is 3.62. The number of pyridine rings is 1. The van der Waals surface area contributed by atoms with Crippen LogP contribution in [-0.4, -0.2) is 11.0 Å². The van der Waals surface area contributed by atoms with Crippen molar-refractivity contribution in [3.05, 3.63) is 65.6 Å². The van der Waals surface area contributed by atoms with Crippen LogP contribution in [-0.2, 0) is 18.4 Å². The fourth-order valence-electron chi connectivity index (χ4n) is 2.33. The zero-order valence-corrected chi connectivity index (χ0v) is 12.1. The highest BCUT2D eigenvalue weighted by molar-refractivity contribution is 5.88. The standard InChI is InChI=1S/C17H17N2O2/c1-12-5-6-16-14(8-12)9-15(18-16)11-21-17(20)13-4-3-7-19(2)10-13/h3-10,18H,11H2,1-2H3/q+1. The summed E-state index contributed by atoms with van der Waals surface area (Å²) < 4.78 is 7.17. The largest absolute Gasteiger partial charge is 0.456 e. The van der Waals surface area contributed by atoms with Crippen molar-refractivity contribution in [3.8, 4) is 0 Å². The lowest BCUT2D eigenvalue weighted by Gasteiger charge is -2.02. The first kappa shape index (κ1) is 13.4. The van der Waals surface area contributed by atoms with Crippen molar-refractivity contribution in [2.75, 3.05) is 0 Å². The zero-order chi connectivity index (χ0) is 14.8. The Balaban J connectivity index is 1.72. The minimum Gasteiger partial charge on any atom is -0.456 e. The van der Waals surface area contributed by atoms with Gasteiger partial charge >= 0.3 is 5.97 Å². The number of carbonyl (C=O) groups excluding carboxylic acids is 1. The average Bonchev–Trinajstić information content (AvgIpc) is 2.86. The Hall–Kier alpha value is -2.62. The van der Waals surface area contributed by atoms with E-state index >= 15 is 0 Å². The van der Waals surface area contributed by atoms with Gasteiger partial charge in [-0.3, -0.25) is 0 Å². The van der Waals surface area contributed by atoms with Gasteiger partial charge in [-0.05, 0) is 31.2 Å². The smallest absolute Gasteiger partial charge is 0.344 e. The predicted molar refractivity (Wildman–Crippen MR) is 79.8 cm³/mol. The molecule has 0 unspecified atom stereocenters.